The summed E-state index contributed by atoms with van der Waals surface area (Å²) in [5, 5.41) is 19.8. The van der Waals surface area contributed by atoms with Crippen LogP contribution >= 0.6 is 22.9 Å². The van der Waals surface area contributed by atoms with Gasteiger partial charge in [-0.15, -0.1) is 5.10 Å². The number of anilines is 1. The Morgan fingerprint density at radius 1 is 1.20 bits per heavy atom. The topological polar surface area (TPSA) is 144 Å². The molecule has 1 saturated carbocycles. The third-order valence-electron chi connectivity index (χ3n) is 5.57. The van der Waals surface area contributed by atoms with Crippen molar-refractivity contribution in [3.8, 4) is 16.9 Å². The van der Waals surface area contributed by atoms with Crippen LogP contribution in [0.5, 0.6) is 5.75 Å². The molecule has 0 unspecified atom stereocenters. The van der Waals surface area contributed by atoms with Crippen molar-refractivity contribution in [2.24, 2.45) is 0 Å². The summed E-state index contributed by atoms with van der Waals surface area (Å²) >= 11 is 7.22. The quantitative estimate of drug-likeness (QED) is 0.334. The molecular weight excluding hydrogens is 494 g/mol. The minimum atomic E-state index is -0.430. The predicted octanol–water partition coefficient (Wildman–Crippen LogP) is 2.72. The molecule has 0 radical (unpaired) electrons. The molecule has 180 valence electrons. The highest BCUT2D eigenvalue weighted by atomic mass is 35.5. The Kier molecular flexibility index (Phi) is 6.09. The van der Waals surface area contributed by atoms with E-state index in [0.717, 1.165) is 11.3 Å². The van der Waals surface area contributed by atoms with Gasteiger partial charge in [0, 0.05) is 29.1 Å². The molecule has 13 heteroatoms. The summed E-state index contributed by atoms with van der Waals surface area (Å²) in [6.07, 6.45) is 5.18. The van der Waals surface area contributed by atoms with Crippen molar-refractivity contribution in [1.29, 1.82) is 0 Å². The van der Waals surface area contributed by atoms with E-state index < -0.39 is 5.91 Å². The Labute approximate surface area is 208 Å². The number of methoxy groups -OCH3 is 1. The molecule has 1 aliphatic rings. The molecule has 0 atom stereocenters. The number of nitrogens with one attached hydrogen (secondary N) is 2. The molecule has 5 rings (SSSR count). The van der Waals surface area contributed by atoms with Crippen LogP contribution in [0.4, 0.5) is 5.13 Å². The van der Waals surface area contributed by atoms with Gasteiger partial charge in [0.25, 0.3) is 11.8 Å². The number of rotatable bonds is 6. The van der Waals surface area contributed by atoms with E-state index in [1.54, 1.807) is 12.1 Å². The van der Waals surface area contributed by atoms with Crippen molar-refractivity contribution in [3.63, 3.8) is 0 Å². The Morgan fingerprint density at radius 2 is 2.00 bits per heavy atom. The number of fused-ring (bicyclic) bond motifs is 1. The highest BCUT2D eigenvalue weighted by molar-refractivity contribution is 7.20. The van der Waals surface area contributed by atoms with Gasteiger partial charge in [-0.2, -0.15) is 0 Å². The number of ether oxygens (including phenoxy) is 1. The number of carbonyl (C=O) groups excluding carboxylic acids is 2. The van der Waals surface area contributed by atoms with Gasteiger partial charge in [-0.05, 0) is 31.9 Å². The normalized spacial score (nSPS) is 17.1. The van der Waals surface area contributed by atoms with Crippen molar-refractivity contribution in [2.75, 3.05) is 12.4 Å². The number of nitrogens with zero attached hydrogens (tertiary/aromatic N) is 5. The van der Waals surface area contributed by atoms with Crippen LogP contribution in [-0.2, 0) is 0 Å². The second-order valence-electron chi connectivity index (χ2n) is 8.09. The summed E-state index contributed by atoms with van der Waals surface area (Å²) in [5.74, 6) is -0.296. The molecule has 0 aliphatic heterocycles. The van der Waals surface area contributed by atoms with Crippen molar-refractivity contribution in [1.82, 2.24) is 29.9 Å². The van der Waals surface area contributed by atoms with Gasteiger partial charge < -0.3 is 15.2 Å². The zero-order valence-electron chi connectivity index (χ0n) is 18.6. The number of hydrogen-bond donors (Lipinski definition) is 3. The fourth-order valence-electron chi connectivity index (χ4n) is 3.74. The Balaban J connectivity index is 1.37. The average molecular weight is 514 g/mol. The molecule has 2 amide bonds. The molecule has 0 spiro atoms. The third-order valence-corrected chi connectivity index (χ3v) is 6.62. The van der Waals surface area contributed by atoms with Gasteiger partial charge in [0.05, 0.1) is 31.2 Å². The molecule has 11 nitrogen and oxygen atoms in total. The van der Waals surface area contributed by atoms with E-state index in [1.807, 2.05) is 6.92 Å². The smallest absolute Gasteiger partial charge is 0.271 e. The first kappa shape index (κ1) is 23.1. The first-order chi connectivity index (χ1) is 16.8. The second kappa shape index (κ2) is 9.21. The summed E-state index contributed by atoms with van der Waals surface area (Å²) in [4.78, 5) is 38.6. The van der Waals surface area contributed by atoms with Gasteiger partial charge in [-0.1, -0.05) is 22.9 Å². The maximum Gasteiger partial charge on any atom is 0.271 e. The summed E-state index contributed by atoms with van der Waals surface area (Å²) in [6.45, 7) is 1.82. The van der Waals surface area contributed by atoms with Crippen LogP contribution in [0.15, 0.2) is 30.7 Å². The molecule has 1 aliphatic carbocycles. The highest BCUT2D eigenvalue weighted by Crippen LogP contribution is 2.34. The van der Waals surface area contributed by atoms with Gasteiger partial charge in [0.15, 0.2) is 0 Å². The van der Waals surface area contributed by atoms with Gasteiger partial charge in [0.2, 0.25) is 10.1 Å². The summed E-state index contributed by atoms with van der Waals surface area (Å²) in [5.41, 5.74) is 2.41. The minimum absolute atomic E-state index is 0.0498. The first-order valence-electron chi connectivity index (χ1n) is 10.6. The molecule has 4 aromatic heterocycles. The number of aliphatic hydroxyl groups excluding tert-OH is 1. The summed E-state index contributed by atoms with van der Waals surface area (Å²) < 4.78 is 6.84. The second-order valence-corrected chi connectivity index (χ2v) is 9.43. The molecule has 35 heavy (non-hydrogen) atoms. The maximum atomic E-state index is 13.2. The van der Waals surface area contributed by atoms with E-state index in [0.29, 0.717) is 51.1 Å². The molecule has 0 saturated heterocycles. The first-order valence-corrected chi connectivity index (χ1v) is 11.8. The van der Waals surface area contributed by atoms with E-state index in [1.165, 1.54) is 30.2 Å². The molecule has 0 bridgehead atoms. The number of carbonyl (C=O) groups is 2. The fourth-order valence-corrected chi connectivity index (χ4v) is 4.68. The standard InChI is InChI=1S/C22H20ClN7O4S/c1-10-3-13(14-6-18(23)25-8-17(14)34-2)15(7-24-10)19(32)28-21-29-30-9-16(27-22(30)35-21)20(33)26-11-4-12(31)5-11/h3,6-9,11-12,31H,4-5H2,1-2H3,(H,26,33)(H,28,29,32). The van der Waals surface area contributed by atoms with E-state index in [-0.39, 0.29) is 28.9 Å². The average Bonchev–Trinajstić information content (AvgIpc) is 3.36. The van der Waals surface area contributed by atoms with Gasteiger partial charge in [-0.3, -0.25) is 19.9 Å². The largest absolute Gasteiger partial charge is 0.494 e. The summed E-state index contributed by atoms with van der Waals surface area (Å²) in [6, 6.07) is 3.34. The van der Waals surface area contributed by atoms with Crippen molar-refractivity contribution < 1.29 is 19.4 Å². The van der Waals surface area contributed by atoms with Crippen LogP contribution in [0.3, 0.4) is 0 Å². The lowest BCUT2D eigenvalue weighted by Gasteiger charge is -2.31. The van der Waals surface area contributed by atoms with Gasteiger partial charge in [0.1, 0.15) is 16.6 Å². The van der Waals surface area contributed by atoms with Crippen molar-refractivity contribution in [3.05, 3.63) is 52.8 Å². The monoisotopic (exact) mass is 513 g/mol. The number of pyridine rings is 2. The van der Waals surface area contributed by atoms with E-state index in [4.69, 9.17) is 16.3 Å². The lowest BCUT2D eigenvalue weighted by atomic mass is 9.89. The number of halogens is 1. The molecule has 1 fully saturated rings. The fraction of sp³-hybridized carbons (Fsp3) is 0.273. The number of aromatic nitrogens is 5. The van der Waals surface area contributed by atoms with E-state index in [2.05, 4.69) is 30.7 Å². The van der Waals surface area contributed by atoms with Gasteiger partial charge >= 0.3 is 0 Å². The van der Waals surface area contributed by atoms with Crippen LogP contribution < -0.4 is 15.4 Å². The van der Waals surface area contributed by atoms with Crippen LogP contribution in [-0.4, -0.2) is 60.7 Å². The van der Waals surface area contributed by atoms with E-state index in [9.17, 15) is 14.7 Å². The van der Waals surface area contributed by atoms with Crippen molar-refractivity contribution >= 4 is 44.8 Å². The Bertz CT molecular complexity index is 1420. The molecule has 4 aromatic rings. The van der Waals surface area contributed by atoms with Crippen LogP contribution in [0.25, 0.3) is 16.1 Å². The maximum absolute atomic E-state index is 13.2. The number of amides is 2. The molecular formula is C22H20ClN7O4S. The highest BCUT2D eigenvalue weighted by Gasteiger charge is 2.29. The third kappa shape index (κ3) is 4.67. The number of hydrogen-bond acceptors (Lipinski definition) is 9. The zero-order chi connectivity index (χ0) is 24.7. The van der Waals surface area contributed by atoms with Crippen LogP contribution in [0, 0.1) is 6.92 Å². The number of aryl methyl sites for hydroxylation is 1. The van der Waals surface area contributed by atoms with Crippen LogP contribution in [0.1, 0.15) is 39.4 Å². The van der Waals surface area contributed by atoms with Crippen molar-refractivity contribution in [2.45, 2.75) is 31.9 Å². The predicted molar refractivity (Wildman–Crippen MR) is 129 cm³/mol. The summed E-state index contributed by atoms with van der Waals surface area (Å²) in [7, 11) is 1.51. The molecule has 0 aromatic carbocycles. The number of imidazole rings is 1. The molecule has 3 N–H and O–H groups in total. The van der Waals surface area contributed by atoms with Crippen LogP contribution in [0.2, 0.25) is 5.15 Å². The van der Waals surface area contributed by atoms with E-state index >= 15 is 0 Å². The molecule has 4 heterocycles. The Morgan fingerprint density at radius 3 is 2.71 bits per heavy atom. The SMILES string of the molecule is COc1cnc(Cl)cc1-c1cc(C)ncc1C(=O)Nc1nn2cc(C(=O)NC3CC(O)C3)nc2s1. The lowest BCUT2D eigenvalue weighted by Crippen LogP contribution is -2.46. The minimum Gasteiger partial charge on any atom is -0.494 e. The lowest BCUT2D eigenvalue weighted by molar-refractivity contribution is 0.0560. The Hall–Kier alpha value is -3.61. The number of aliphatic hydroxyl groups is 1. The van der Waals surface area contributed by atoms with Gasteiger partial charge in [-0.25, -0.2) is 14.5 Å². The zero-order valence-corrected chi connectivity index (χ0v) is 20.2.